The Balaban J connectivity index is 1.26. The zero-order valence-corrected chi connectivity index (χ0v) is 24.1. The highest BCUT2D eigenvalue weighted by molar-refractivity contribution is 5.88. The number of fused-ring (bicyclic) bond motifs is 3. The molecule has 11 heteroatoms. The van der Waals surface area contributed by atoms with Gasteiger partial charge in [-0.1, -0.05) is 60.7 Å². The summed E-state index contributed by atoms with van der Waals surface area (Å²) >= 11 is 0. The number of rotatable bonds is 10. The third kappa shape index (κ3) is 7.34. The summed E-state index contributed by atoms with van der Waals surface area (Å²) in [6, 6.07) is 17.2. The Bertz CT molecular complexity index is 1250. The maximum absolute atomic E-state index is 13.7. The maximum atomic E-state index is 13.7. The lowest BCUT2D eigenvalue weighted by molar-refractivity contribution is -0.231. The molecule has 0 unspecified atom stereocenters. The van der Waals surface area contributed by atoms with Crippen LogP contribution in [0.15, 0.2) is 60.7 Å². The van der Waals surface area contributed by atoms with Gasteiger partial charge in [-0.15, -0.1) is 0 Å². The van der Waals surface area contributed by atoms with Crippen LogP contribution in [-0.4, -0.2) is 66.2 Å². The van der Waals surface area contributed by atoms with Gasteiger partial charge in [0.25, 0.3) is 5.91 Å². The molecule has 0 aromatic heterocycles. The predicted octanol–water partition coefficient (Wildman–Crippen LogP) is 3.13. The van der Waals surface area contributed by atoms with Crippen LogP contribution < -0.4 is 5.32 Å². The van der Waals surface area contributed by atoms with E-state index in [2.05, 4.69) is 5.32 Å². The average Bonchev–Trinajstić information content (AvgIpc) is 3.46. The average molecular weight is 584 g/mol. The maximum Gasteiger partial charge on any atom is 0.328 e. The summed E-state index contributed by atoms with van der Waals surface area (Å²) in [7, 11) is 0. The SMILES string of the molecule is CC1(C)O[C@@H]2[C@@H](O1)[C@@H](C(=O)N[C@H](CCC(=O)OCc1ccccc1)C(=O)OCc1ccccc1)O[C@H]1OC(C)(C)O[C@@H]12. The molecule has 6 atom stereocenters. The standard InChI is InChI=1S/C31H37NO10/c1-30(2)39-23-24(40-30)26-29(42-31(3,4)41-26)38-25(23)27(34)32-21(28(35)37-18-20-13-9-6-10-14-20)15-16-22(33)36-17-19-11-7-5-8-12-19/h5-14,21,23-26,29H,15-18H2,1-4H3,(H,32,34)/t21-,23-,24-,25+,26-,29+/m1/s1. The molecule has 3 fully saturated rings. The van der Waals surface area contributed by atoms with Crippen molar-refractivity contribution in [1.82, 2.24) is 5.32 Å². The van der Waals surface area contributed by atoms with Crippen molar-refractivity contribution in [3.8, 4) is 0 Å². The summed E-state index contributed by atoms with van der Waals surface area (Å²) in [4.78, 5) is 39.4. The number of carbonyl (C=O) groups is 3. The quantitative estimate of drug-likeness (QED) is 0.417. The van der Waals surface area contributed by atoms with E-state index in [-0.39, 0.29) is 26.1 Å². The number of carbonyl (C=O) groups excluding carboxylic acids is 3. The molecule has 5 rings (SSSR count). The van der Waals surface area contributed by atoms with Gasteiger partial charge in [0, 0.05) is 6.42 Å². The first-order chi connectivity index (χ1) is 20.0. The molecule has 0 aliphatic carbocycles. The number of hydrogen-bond donors (Lipinski definition) is 1. The van der Waals surface area contributed by atoms with Crippen molar-refractivity contribution in [2.24, 2.45) is 0 Å². The van der Waals surface area contributed by atoms with Crippen molar-refractivity contribution >= 4 is 17.8 Å². The van der Waals surface area contributed by atoms with Crippen LogP contribution >= 0.6 is 0 Å². The van der Waals surface area contributed by atoms with Gasteiger partial charge in [-0.2, -0.15) is 0 Å². The van der Waals surface area contributed by atoms with E-state index in [9.17, 15) is 14.4 Å². The molecule has 3 aliphatic heterocycles. The first kappa shape index (κ1) is 30.1. The molecule has 11 nitrogen and oxygen atoms in total. The molecule has 2 aromatic rings. The van der Waals surface area contributed by atoms with Crippen molar-refractivity contribution in [3.63, 3.8) is 0 Å². The number of nitrogens with one attached hydrogen (secondary N) is 1. The van der Waals surface area contributed by atoms with Crippen molar-refractivity contribution in [2.75, 3.05) is 0 Å². The number of benzene rings is 2. The van der Waals surface area contributed by atoms with E-state index in [0.29, 0.717) is 0 Å². The normalized spacial score (nSPS) is 27.8. The fraction of sp³-hybridized carbons (Fsp3) is 0.516. The zero-order valence-electron chi connectivity index (χ0n) is 24.1. The van der Waals surface area contributed by atoms with Crippen LogP contribution in [0.3, 0.4) is 0 Å². The molecule has 0 bridgehead atoms. The molecule has 3 aliphatic rings. The van der Waals surface area contributed by atoms with Crippen LogP contribution in [0, 0.1) is 0 Å². The lowest BCUT2D eigenvalue weighted by atomic mass is 9.98. The molecule has 226 valence electrons. The summed E-state index contributed by atoms with van der Waals surface area (Å²) in [6.45, 7) is 7.07. The van der Waals surface area contributed by atoms with Crippen molar-refractivity contribution < 1.29 is 47.5 Å². The number of amides is 1. The van der Waals surface area contributed by atoms with Crippen molar-refractivity contribution in [2.45, 2.75) is 102 Å². The summed E-state index contributed by atoms with van der Waals surface area (Å²) in [5.41, 5.74) is 1.62. The van der Waals surface area contributed by atoms with E-state index in [1.807, 2.05) is 60.7 Å². The molecule has 0 saturated carbocycles. The summed E-state index contributed by atoms with van der Waals surface area (Å²) in [5.74, 6) is -3.79. The lowest BCUT2D eigenvalue weighted by Crippen LogP contribution is -2.61. The molecular weight excluding hydrogens is 546 g/mol. The van der Waals surface area contributed by atoms with Crippen LogP contribution in [0.1, 0.15) is 51.7 Å². The van der Waals surface area contributed by atoms with Gasteiger partial charge in [-0.3, -0.25) is 9.59 Å². The van der Waals surface area contributed by atoms with E-state index in [0.717, 1.165) is 11.1 Å². The zero-order chi connectivity index (χ0) is 29.9. The Hall–Kier alpha value is -3.35. The number of ether oxygens (including phenoxy) is 7. The molecule has 2 aromatic carbocycles. The van der Waals surface area contributed by atoms with Crippen LogP contribution in [0.25, 0.3) is 0 Å². The fourth-order valence-corrected chi connectivity index (χ4v) is 5.23. The topological polar surface area (TPSA) is 128 Å². The van der Waals surface area contributed by atoms with Gasteiger partial charge in [0.1, 0.15) is 37.6 Å². The smallest absolute Gasteiger partial charge is 0.328 e. The second-order valence-electron chi connectivity index (χ2n) is 11.4. The van der Waals surface area contributed by atoms with Gasteiger partial charge in [-0.05, 0) is 45.2 Å². The van der Waals surface area contributed by atoms with Gasteiger partial charge in [0.05, 0.1) is 0 Å². The highest BCUT2D eigenvalue weighted by atomic mass is 16.9. The van der Waals surface area contributed by atoms with Crippen LogP contribution in [0.2, 0.25) is 0 Å². The first-order valence-electron chi connectivity index (χ1n) is 14.1. The Morgan fingerprint density at radius 2 is 1.31 bits per heavy atom. The molecular formula is C31H37NO10. The first-order valence-corrected chi connectivity index (χ1v) is 14.1. The van der Waals surface area contributed by atoms with E-state index < -0.39 is 66.2 Å². The summed E-state index contributed by atoms with van der Waals surface area (Å²) in [5, 5.41) is 2.71. The number of esters is 2. The lowest BCUT2D eigenvalue weighted by Gasteiger charge is -2.36. The highest BCUT2D eigenvalue weighted by Gasteiger charge is 2.62. The Kier molecular flexibility index (Phi) is 8.95. The largest absolute Gasteiger partial charge is 0.461 e. The van der Waals surface area contributed by atoms with Gasteiger partial charge in [0.15, 0.2) is 24.0 Å². The van der Waals surface area contributed by atoms with Gasteiger partial charge >= 0.3 is 11.9 Å². The van der Waals surface area contributed by atoms with Crippen LogP contribution in [0.5, 0.6) is 0 Å². The Labute approximate surface area is 244 Å². The summed E-state index contributed by atoms with van der Waals surface area (Å²) < 4.78 is 40.9. The highest BCUT2D eigenvalue weighted by Crippen LogP contribution is 2.44. The van der Waals surface area contributed by atoms with E-state index in [4.69, 9.17) is 33.2 Å². The van der Waals surface area contributed by atoms with E-state index >= 15 is 0 Å². The summed E-state index contributed by atoms with van der Waals surface area (Å²) in [6.07, 6.45) is -4.31. The van der Waals surface area contributed by atoms with E-state index in [1.165, 1.54) is 0 Å². The fourth-order valence-electron chi connectivity index (χ4n) is 5.23. The second-order valence-corrected chi connectivity index (χ2v) is 11.4. The van der Waals surface area contributed by atoms with Crippen LogP contribution in [-0.2, 0) is 60.8 Å². The molecule has 0 spiro atoms. The van der Waals surface area contributed by atoms with Gasteiger partial charge < -0.3 is 38.5 Å². The third-order valence-electron chi connectivity index (χ3n) is 7.12. The molecule has 1 N–H and O–H groups in total. The van der Waals surface area contributed by atoms with Crippen molar-refractivity contribution in [3.05, 3.63) is 71.8 Å². The van der Waals surface area contributed by atoms with Crippen LogP contribution in [0.4, 0.5) is 0 Å². The molecule has 3 saturated heterocycles. The second kappa shape index (κ2) is 12.5. The van der Waals surface area contributed by atoms with Crippen molar-refractivity contribution in [1.29, 1.82) is 0 Å². The van der Waals surface area contributed by atoms with Gasteiger partial charge in [0.2, 0.25) is 0 Å². The minimum Gasteiger partial charge on any atom is -0.461 e. The Morgan fingerprint density at radius 3 is 1.95 bits per heavy atom. The Morgan fingerprint density at radius 1 is 0.762 bits per heavy atom. The molecule has 0 radical (unpaired) electrons. The predicted molar refractivity (Wildman–Crippen MR) is 146 cm³/mol. The monoisotopic (exact) mass is 583 g/mol. The van der Waals surface area contributed by atoms with E-state index in [1.54, 1.807) is 27.7 Å². The molecule has 42 heavy (non-hydrogen) atoms. The minimum absolute atomic E-state index is 0.00425. The number of hydrogen-bond acceptors (Lipinski definition) is 10. The van der Waals surface area contributed by atoms with Gasteiger partial charge in [-0.25, -0.2) is 4.79 Å². The molecule has 1 amide bonds. The third-order valence-corrected chi connectivity index (χ3v) is 7.12. The minimum atomic E-state index is -1.18. The molecule has 3 heterocycles.